The number of nitrogens with zero attached hydrogens (tertiary/aromatic N) is 1. The summed E-state index contributed by atoms with van der Waals surface area (Å²) in [5.41, 5.74) is 4.32. The Hall–Kier alpha value is -4.02. The molecular formula is C28H19N. The number of hydrogen-bond donors (Lipinski definition) is 0. The molecule has 0 spiro atoms. The number of benzene rings is 5. The summed E-state index contributed by atoms with van der Waals surface area (Å²) in [4.78, 5) is 2.32. The normalized spacial score (nSPS) is 10.7. The van der Waals surface area contributed by atoms with Gasteiger partial charge in [0.05, 0.1) is 5.69 Å². The lowest BCUT2D eigenvalue weighted by Gasteiger charge is -2.29. The molecule has 5 aromatic carbocycles. The maximum absolute atomic E-state index is 5.97. The van der Waals surface area contributed by atoms with Gasteiger partial charge in [-0.15, -0.1) is 6.42 Å². The minimum atomic E-state index is 0.945. The summed E-state index contributed by atoms with van der Waals surface area (Å²) in [6.45, 7) is 0. The van der Waals surface area contributed by atoms with Gasteiger partial charge in [0.15, 0.2) is 0 Å². The highest BCUT2D eigenvalue weighted by atomic mass is 15.1. The van der Waals surface area contributed by atoms with E-state index < -0.39 is 0 Å². The van der Waals surface area contributed by atoms with E-state index in [1.54, 1.807) is 0 Å². The summed E-state index contributed by atoms with van der Waals surface area (Å²) >= 11 is 0. The first-order chi connectivity index (χ1) is 14.4. The first-order valence-electron chi connectivity index (χ1n) is 9.69. The molecule has 29 heavy (non-hydrogen) atoms. The second kappa shape index (κ2) is 7.19. The van der Waals surface area contributed by atoms with Gasteiger partial charge in [0.2, 0.25) is 0 Å². The van der Waals surface area contributed by atoms with Crippen LogP contribution in [0, 0.1) is 12.3 Å². The van der Waals surface area contributed by atoms with Gasteiger partial charge in [-0.1, -0.05) is 90.8 Å². The van der Waals surface area contributed by atoms with Crippen LogP contribution in [0.4, 0.5) is 17.1 Å². The number of terminal acetylenes is 1. The smallest absolute Gasteiger partial charge is 0.0619 e. The van der Waals surface area contributed by atoms with Crippen molar-refractivity contribution in [1.82, 2.24) is 0 Å². The third kappa shape index (κ3) is 2.83. The molecule has 0 aliphatic heterocycles. The molecule has 1 nitrogen and oxygen atoms in total. The first kappa shape index (κ1) is 17.1. The molecule has 0 radical (unpaired) electrons. The van der Waals surface area contributed by atoms with Gasteiger partial charge in [0, 0.05) is 38.5 Å². The van der Waals surface area contributed by atoms with E-state index in [0.29, 0.717) is 0 Å². The summed E-state index contributed by atoms with van der Waals surface area (Å²) in [5.74, 6) is 2.94. The van der Waals surface area contributed by atoms with Crippen molar-refractivity contribution in [1.29, 1.82) is 0 Å². The van der Waals surface area contributed by atoms with Crippen LogP contribution >= 0.6 is 0 Å². The minimum absolute atomic E-state index is 0.945. The van der Waals surface area contributed by atoms with Crippen LogP contribution in [-0.4, -0.2) is 0 Å². The molecule has 0 amide bonds. The SMILES string of the molecule is C#Cc1c2ccccc2c(N(c2ccccc2)c2ccccc2)c2ccccc12. The fraction of sp³-hybridized carbons (Fsp3) is 0. The Kier molecular flexibility index (Phi) is 4.24. The molecule has 0 atom stereocenters. The Bertz CT molecular complexity index is 1250. The second-order valence-corrected chi connectivity index (χ2v) is 6.97. The summed E-state index contributed by atoms with van der Waals surface area (Å²) in [6, 6.07) is 37.8. The van der Waals surface area contributed by atoms with Crippen molar-refractivity contribution in [3.8, 4) is 12.3 Å². The average Bonchev–Trinajstić information content (AvgIpc) is 2.80. The molecule has 0 unspecified atom stereocenters. The van der Waals surface area contributed by atoms with E-state index in [1.807, 2.05) is 12.1 Å². The maximum Gasteiger partial charge on any atom is 0.0619 e. The zero-order valence-corrected chi connectivity index (χ0v) is 15.9. The standard InChI is InChI=1S/C28H19N/c1-2-23-24-17-9-11-19-26(24)28(27-20-12-10-18-25(23)27)29(21-13-5-3-6-14-21)22-15-7-4-8-16-22/h1,3-20H. The first-order valence-corrected chi connectivity index (χ1v) is 9.69. The number of anilines is 3. The quantitative estimate of drug-likeness (QED) is 0.236. The Balaban J connectivity index is 1.97. The Morgan fingerprint density at radius 3 is 1.28 bits per heavy atom. The largest absolute Gasteiger partial charge is 0.309 e. The van der Waals surface area contributed by atoms with Crippen LogP contribution in [0.15, 0.2) is 109 Å². The molecule has 5 rings (SSSR count). The van der Waals surface area contributed by atoms with Crippen molar-refractivity contribution in [2.24, 2.45) is 0 Å². The minimum Gasteiger partial charge on any atom is -0.309 e. The number of rotatable bonds is 3. The molecule has 0 saturated carbocycles. The van der Waals surface area contributed by atoms with Gasteiger partial charge in [-0.2, -0.15) is 0 Å². The lowest BCUT2D eigenvalue weighted by molar-refractivity contribution is 1.31. The average molecular weight is 369 g/mol. The van der Waals surface area contributed by atoms with Gasteiger partial charge in [-0.25, -0.2) is 0 Å². The number of para-hydroxylation sites is 2. The van der Waals surface area contributed by atoms with Crippen LogP contribution in [0.3, 0.4) is 0 Å². The fourth-order valence-corrected chi connectivity index (χ4v) is 4.06. The molecule has 136 valence electrons. The monoisotopic (exact) mass is 369 g/mol. The third-order valence-electron chi connectivity index (χ3n) is 5.30. The van der Waals surface area contributed by atoms with Crippen LogP contribution in [0.1, 0.15) is 5.56 Å². The van der Waals surface area contributed by atoms with E-state index in [0.717, 1.165) is 44.2 Å². The van der Waals surface area contributed by atoms with Gasteiger partial charge < -0.3 is 4.90 Å². The summed E-state index contributed by atoms with van der Waals surface area (Å²) < 4.78 is 0. The summed E-state index contributed by atoms with van der Waals surface area (Å²) in [7, 11) is 0. The van der Waals surface area contributed by atoms with Gasteiger partial charge in [0.1, 0.15) is 0 Å². The molecule has 1 heteroatoms. The van der Waals surface area contributed by atoms with E-state index in [1.165, 1.54) is 0 Å². The van der Waals surface area contributed by atoms with Crippen LogP contribution in [0.25, 0.3) is 21.5 Å². The molecule has 5 aromatic rings. The van der Waals surface area contributed by atoms with Crippen LogP contribution in [0.2, 0.25) is 0 Å². The highest BCUT2D eigenvalue weighted by Gasteiger charge is 2.20. The maximum atomic E-state index is 5.97. The molecule has 0 fully saturated rings. The third-order valence-corrected chi connectivity index (χ3v) is 5.30. The van der Waals surface area contributed by atoms with Crippen molar-refractivity contribution in [3.05, 3.63) is 115 Å². The second-order valence-electron chi connectivity index (χ2n) is 6.97. The topological polar surface area (TPSA) is 3.24 Å². The van der Waals surface area contributed by atoms with Crippen molar-refractivity contribution >= 4 is 38.6 Å². The molecule has 0 saturated heterocycles. The highest BCUT2D eigenvalue weighted by molar-refractivity contribution is 6.17. The van der Waals surface area contributed by atoms with Crippen molar-refractivity contribution < 1.29 is 0 Å². The Morgan fingerprint density at radius 1 is 0.483 bits per heavy atom. The van der Waals surface area contributed by atoms with Crippen molar-refractivity contribution in [3.63, 3.8) is 0 Å². The van der Waals surface area contributed by atoms with E-state index >= 15 is 0 Å². The van der Waals surface area contributed by atoms with Crippen LogP contribution in [-0.2, 0) is 0 Å². The van der Waals surface area contributed by atoms with Gasteiger partial charge in [-0.3, -0.25) is 0 Å². The Labute approximate surface area is 170 Å². The highest BCUT2D eigenvalue weighted by Crippen LogP contribution is 2.44. The molecule has 0 bridgehead atoms. The number of fused-ring (bicyclic) bond motifs is 2. The zero-order valence-electron chi connectivity index (χ0n) is 15.9. The van der Waals surface area contributed by atoms with Crippen molar-refractivity contribution in [2.75, 3.05) is 4.90 Å². The van der Waals surface area contributed by atoms with E-state index in [9.17, 15) is 0 Å². The van der Waals surface area contributed by atoms with Gasteiger partial charge >= 0.3 is 0 Å². The Morgan fingerprint density at radius 2 is 0.862 bits per heavy atom. The lowest BCUT2D eigenvalue weighted by atomic mass is 9.94. The van der Waals surface area contributed by atoms with E-state index in [-0.39, 0.29) is 0 Å². The van der Waals surface area contributed by atoms with Gasteiger partial charge in [-0.05, 0) is 24.3 Å². The van der Waals surface area contributed by atoms with E-state index in [2.05, 4.69) is 108 Å². The fourth-order valence-electron chi connectivity index (χ4n) is 4.06. The van der Waals surface area contributed by atoms with E-state index in [4.69, 9.17) is 6.42 Å². The predicted octanol–water partition coefficient (Wildman–Crippen LogP) is 7.44. The van der Waals surface area contributed by atoms with Crippen LogP contribution in [0.5, 0.6) is 0 Å². The van der Waals surface area contributed by atoms with Crippen LogP contribution < -0.4 is 4.90 Å². The lowest BCUT2D eigenvalue weighted by Crippen LogP contribution is -2.11. The summed E-state index contributed by atoms with van der Waals surface area (Å²) in [5, 5.41) is 4.49. The molecular weight excluding hydrogens is 350 g/mol. The van der Waals surface area contributed by atoms with Gasteiger partial charge in [0.25, 0.3) is 0 Å². The summed E-state index contributed by atoms with van der Waals surface area (Å²) in [6.07, 6.45) is 5.97. The predicted molar refractivity (Wildman–Crippen MR) is 124 cm³/mol. The van der Waals surface area contributed by atoms with Crippen molar-refractivity contribution in [2.45, 2.75) is 0 Å². The molecule has 0 aromatic heterocycles. The number of hydrogen-bond acceptors (Lipinski definition) is 1. The molecule has 0 heterocycles. The molecule has 0 aliphatic carbocycles. The molecule has 0 aliphatic rings. The zero-order chi connectivity index (χ0) is 19.6. The molecule has 0 N–H and O–H groups in total.